The van der Waals surface area contributed by atoms with Crippen molar-refractivity contribution < 1.29 is 8.78 Å². The Morgan fingerprint density at radius 1 is 1.18 bits per heavy atom. The van der Waals surface area contributed by atoms with Gasteiger partial charge in [-0.2, -0.15) is 5.10 Å². The second-order valence-electron chi connectivity index (χ2n) is 4.74. The van der Waals surface area contributed by atoms with Crippen LogP contribution in [0, 0.1) is 25.5 Å². The zero-order chi connectivity index (χ0) is 16.1. The Kier molecular flexibility index (Phi) is 5.16. The number of thiocarbonyl (C=S) groups is 1. The van der Waals surface area contributed by atoms with Crippen molar-refractivity contribution in [2.75, 3.05) is 5.32 Å². The van der Waals surface area contributed by atoms with E-state index in [1.165, 1.54) is 12.3 Å². The molecule has 22 heavy (non-hydrogen) atoms. The summed E-state index contributed by atoms with van der Waals surface area (Å²) >= 11 is 5.12. The van der Waals surface area contributed by atoms with Gasteiger partial charge in [0, 0.05) is 17.3 Å². The van der Waals surface area contributed by atoms with E-state index in [0.29, 0.717) is 0 Å². The minimum atomic E-state index is -0.682. The number of halogens is 2. The molecule has 0 aliphatic carbocycles. The van der Waals surface area contributed by atoms with Crippen molar-refractivity contribution in [2.45, 2.75) is 13.8 Å². The first kappa shape index (κ1) is 16.0. The van der Waals surface area contributed by atoms with Gasteiger partial charge in [-0.15, -0.1) is 0 Å². The van der Waals surface area contributed by atoms with E-state index in [-0.39, 0.29) is 10.7 Å². The first-order valence-electron chi connectivity index (χ1n) is 6.58. The quantitative estimate of drug-likeness (QED) is 0.512. The lowest BCUT2D eigenvalue weighted by Gasteiger charge is -2.11. The lowest BCUT2D eigenvalue weighted by Crippen LogP contribution is -2.24. The normalized spacial score (nSPS) is 10.7. The zero-order valence-electron chi connectivity index (χ0n) is 12.2. The minimum absolute atomic E-state index is 0.170. The third kappa shape index (κ3) is 4.08. The smallest absolute Gasteiger partial charge is 0.191 e. The third-order valence-electron chi connectivity index (χ3n) is 3.19. The van der Waals surface area contributed by atoms with Gasteiger partial charge in [-0.3, -0.25) is 5.43 Å². The van der Waals surface area contributed by atoms with Gasteiger partial charge in [-0.1, -0.05) is 12.1 Å². The summed E-state index contributed by atoms with van der Waals surface area (Å²) in [7, 11) is 0. The molecule has 2 N–H and O–H groups in total. The number of benzene rings is 2. The van der Waals surface area contributed by atoms with Gasteiger partial charge in [-0.25, -0.2) is 8.78 Å². The molecule has 0 radical (unpaired) electrons. The molecule has 3 nitrogen and oxygen atoms in total. The van der Waals surface area contributed by atoms with Gasteiger partial charge in [0.2, 0.25) is 0 Å². The van der Waals surface area contributed by atoms with Crippen molar-refractivity contribution in [3.05, 3.63) is 64.7 Å². The second kappa shape index (κ2) is 7.09. The number of hydrogen-bond donors (Lipinski definition) is 2. The highest BCUT2D eigenvalue weighted by Gasteiger charge is 2.03. The molecule has 0 unspecified atom stereocenters. The van der Waals surface area contributed by atoms with Crippen molar-refractivity contribution in [3.63, 3.8) is 0 Å². The highest BCUT2D eigenvalue weighted by molar-refractivity contribution is 7.80. The van der Waals surface area contributed by atoms with Crippen LogP contribution in [0.5, 0.6) is 0 Å². The molecule has 0 aromatic heterocycles. The predicted octanol–water partition coefficient (Wildman–Crippen LogP) is 3.90. The SMILES string of the molecule is Cc1cccc(NC(=S)N/N=C\c2ccc(F)cc2F)c1C. The number of nitrogens with one attached hydrogen (secondary N) is 2. The Bertz CT molecular complexity index is 729. The molecule has 0 atom stereocenters. The first-order chi connectivity index (χ1) is 10.5. The van der Waals surface area contributed by atoms with E-state index in [4.69, 9.17) is 12.2 Å². The van der Waals surface area contributed by atoms with Crippen LogP contribution >= 0.6 is 12.2 Å². The summed E-state index contributed by atoms with van der Waals surface area (Å²) in [6.07, 6.45) is 1.24. The predicted molar refractivity (Wildman–Crippen MR) is 89.2 cm³/mol. The third-order valence-corrected chi connectivity index (χ3v) is 3.38. The molecule has 114 valence electrons. The van der Waals surface area contributed by atoms with E-state index >= 15 is 0 Å². The van der Waals surface area contributed by atoms with Crippen molar-refractivity contribution in [1.29, 1.82) is 0 Å². The molecular formula is C16H15F2N3S. The van der Waals surface area contributed by atoms with Crippen LogP contribution in [0.15, 0.2) is 41.5 Å². The topological polar surface area (TPSA) is 36.4 Å². The monoisotopic (exact) mass is 319 g/mol. The summed E-state index contributed by atoms with van der Waals surface area (Å²) in [5.74, 6) is -1.31. The van der Waals surface area contributed by atoms with Gasteiger partial charge in [0.15, 0.2) is 5.11 Å². The molecule has 0 amide bonds. The van der Waals surface area contributed by atoms with Crippen LogP contribution in [0.3, 0.4) is 0 Å². The molecule has 0 aliphatic heterocycles. The molecule has 0 spiro atoms. The van der Waals surface area contributed by atoms with E-state index in [1.807, 2.05) is 32.0 Å². The molecule has 2 aromatic rings. The largest absolute Gasteiger partial charge is 0.331 e. The van der Waals surface area contributed by atoms with Gasteiger partial charge in [0.1, 0.15) is 11.6 Å². The molecule has 2 rings (SSSR count). The molecular weight excluding hydrogens is 304 g/mol. The summed E-state index contributed by atoms with van der Waals surface area (Å²) in [5, 5.41) is 7.14. The summed E-state index contributed by atoms with van der Waals surface area (Å²) in [4.78, 5) is 0. The van der Waals surface area contributed by atoms with E-state index in [1.54, 1.807) is 0 Å². The van der Waals surface area contributed by atoms with E-state index in [2.05, 4.69) is 15.8 Å². The number of hydrogen-bond acceptors (Lipinski definition) is 2. The first-order valence-corrected chi connectivity index (χ1v) is 6.99. The van der Waals surface area contributed by atoms with Crippen LogP contribution in [0.1, 0.15) is 16.7 Å². The maximum absolute atomic E-state index is 13.4. The lowest BCUT2D eigenvalue weighted by molar-refractivity contribution is 0.582. The van der Waals surface area contributed by atoms with Crippen LogP contribution in [0.2, 0.25) is 0 Å². The molecule has 0 saturated carbocycles. The second-order valence-corrected chi connectivity index (χ2v) is 5.15. The fraction of sp³-hybridized carbons (Fsp3) is 0.125. The van der Waals surface area contributed by atoms with Gasteiger partial charge >= 0.3 is 0 Å². The van der Waals surface area contributed by atoms with Crippen molar-refractivity contribution >= 4 is 29.2 Å². The van der Waals surface area contributed by atoms with Crippen molar-refractivity contribution in [1.82, 2.24) is 5.43 Å². The highest BCUT2D eigenvalue weighted by Crippen LogP contribution is 2.17. The van der Waals surface area contributed by atoms with Crippen LogP contribution < -0.4 is 10.7 Å². The Balaban J connectivity index is 1.98. The Hall–Kier alpha value is -2.34. The fourth-order valence-corrected chi connectivity index (χ4v) is 1.97. The van der Waals surface area contributed by atoms with Gasteiger partial charge < -0.3 is 5.32 Å². The van der Waals surface area contributed by atoms with Crippen LogP contribution in [-0.4, -0.2) is 11.3 Å². The summed E-state index contributed by atoms with van der Waals surface area (Å²) in [5.41, 5.74) is 5.87. The Labute approximate surface area is 133 Å². The standard InChI is InChI=1S/C16H15F2N3S/c1-10-4-3-5-15(11(10)2)20-16(22)21-19-9-12-6-7-13(17)8-14(12)18/h3-9H,1-2H3,(H2,20,21,22)/b19-9-. The average molecular weight is 319 g/mol. The molecule has 0 heterocycles. The Morgan fingerprint density at radius 2 is 1.95 bits per heavy atom. The molecule has 6 heteroatoms. The summed E-state index contributed by atoms with van der Waals surface area (Å²) in [6.45, 7) is 3.99. The summed E-state index contributed by atoms with van der Waals surface area (Å²) < 4.78 is 26.2. The molecule has 2 aromatic carbocycles. The van der Waals surface area contributed by atoms with Crippen molar-refractivity contribution in [2.24, 2.45) is 5.10 Å². The molecule has 0 bridgehead atoms. The number of nitrogens with zero attached hydrogens (tertiary/aromatic N) is 1. The maximum atomic E-state index is 13.4. The van der Waals surface area contributed by atoms with Gasteiger partial charge in [-0.05, 0) is 55.4 Å². The van der Waals surface area contributed by atoms with Gasteiger partial charge in [0.25, 0.3) is 0 Å². The Morgan fingerprint density at radius 3 is 2.68 bits per heavy atom. The lowest BCUT2D eigenvalue weighted by atomic mass is 10.1. The molecule has 0 fully saturated rings. The minimum Gasteiger partial charge on any atom is -0.331 e. The maximum Gasteiger partial charge on any atom is 0.191 e. The van der Waals surface area contributed by atoms with E-state index in [0.717, 1.165) is 28.9 Å². The number of aryl methyl sites for hydroxylation is 1. The van der Waals surface area contributed by atoms with Crippen LogP contribution in [-0.2, 0) is 0 Å². The zero-order valence-corrected chi connectivity index (χ0v) is 13.0. The van der Waals surface area contributed by atoms with Crippen LogP contribution in [0.4, 0.5) is 14.5 Å². The molecule has 0 saturated heterocycles. The average Bonchev–Trinajstić information content (AvgIpc) is 2.46. The van der Waals surface area contributed by atoms with Crippen molar-refractivity contribution in [3.8, 4) is 0 Å². The van der Waals surface area contributed by atoms with Crippen LogP contribution in [0.25, 0.3) is 0 Å². The van der Waals surface area contributed by atoms with Gasteiger partial charge in [0.05, 0.1) is 6.21 Å². The number of anilines is 1. The van der Waals surface area contributed by atoms with E-state index in [9.17, 15) is 8.78 Å². The number of hydrazone groups is 1. The fourth-order valence-electron chi connectivity index (χ4n) is 1.80. The highest BCUT2D eigenvalue weighted by atomic mass is 32.1. The number of rotatable bonds is 3. The summed E-state index contributed by atoms with van der Waals surface area (Å²) in [6, 6.07) is 9.10. The van der Waals surface area contributed by atoms with E-state index < -0.39 is 11.6 Å². The molecule has 0 aliphatic rings.